The van der Waals surface area contributed by atoms with E-state index in [9.17, 15) is 26.0 Å². The van der Waals surface area contributed by atoms with Crippen LogP contribution in [0.1, 0.15) is 0 Å². The van der Waals surface area contributed by atoms with Gasteiger partial charge in [0, 0.05) is 12.7 Å². The minimum absolute atomic E-state index is 0.0447. The lowest BCUT2D eigenvalue weighted by atomic mass is 10.2. The largest absolute Gasteiger partial charge is 0.485 e. The molecule has 1 aliphatic rings. The highest BCUT2D eigenvalue weighted by atomic mass is 32.2. The molecule has 0 bridgehead atoms. The van der Waals surface area contributed by atoms with Crippen molar-refractivity contribution in [2.24, 2.45) is 0 Å². The lowest BCUT2D eigenvalue weighted by molar-refractivity contribution is 0.203. The summed E-state index contributed by atoms with van der Waals surface area (Å²) >= 11 is 0. The second-order valence-electron chi connectivity index (χ2n) is 6.40. The maximum Gasteiger partial charge on any atom is 0.409 e. The van der Waals surface area contributed by atoms with Crippen LogP contribution < -0.4 is 23.8 Å². The van der Waals surface area contributed by atoms with E-state index in [0.29, 0.717) is 0 Å². The van der Waals surface area contributed by atoms with Gasteiger partial charge in [-0.15, -0.1) is 0 Å². The molecule has 1 unspecified atom stereocenters. The lowest BCUT2D eigenvalue weighted by Crippen LogP contribution is -2.49. The minimum atomic E-state index is -4.21. The van der Waals surface area contributed by atoms with Crippen molar-refractivity contribution >= 4 is 37.7 Å². The molecule has 0 fully saturated rings. The number of anilines is 2. The molecule has 0 radical (unpaired) electrons. The van der Waals surface area contributed by atoms with Gasteiger partial charge in [-0.2, -0.15) is 13.1 Å². The van der Waals surface area contributed by atoms with Crippen LogP contribution in [-0.2, 0) is 20.2 Å². The Morgan fingerprint density at radius 3 is 2.48 bits per heavy atom. The Labute approximate surface area is 178 Å². The summed E-state index contributed by atoms with van der Waals surface area (Å²) in [7, 11) is -6.79. The molecule has 0 aliphatic carbocycles. The fourth-order valence-electron chi connectivity index (χ4n) is 2.86. The van der Waals surface area contributed by atoms with Crippen LogP contribution in [0, 0.1) is 5.82 Å². The number of sulfonamides is 1. The summed E-state index contributed by atoms with van der Waals surface area (Å²) in [5, 5.41) is 11.1. The number of hydrogen-bond acceptors (Lipinski definition) is 6. The number of rotatable bonds is 7. The van der Waals surface area contributed by atoms with E-state index in [-0.39, 0.29) is 35.1 Å². The molecule has 0 aromatic heterocycles. The Balaban J connectivity index is 2.01. The number of fused-ring (bicyclic) bond motifs is 1. The van der Waals surface area contributed by atoms with Crippen molar-refractivity contribution in [2.75, 3.05) is 29.8 Å². The summed E-state index contributed by atoms with van der Waals surface area (Å²) in [4.78, 5) is 10.7. The van der Waals surface area contributed by atoms with E-state index in [4.69, 9.17) is 9.84 Å². The number of benzene rings is 2. The van der Waals surface area contributed by atoms with Crippen molar-refractivity contribution in [3.8, 4) is 5.75 Å². The summed E-state index contributed by atoms with van der Waals surface area (Å²) in [5.41, 5.74) is 0.145. The highest BCUT2D eigenvalue weighted by molar-refractivity contribution is 7.92. The van der Waals surface area contributed by atoms with Gasteiger partial charge in [0.25, 0.3) is 20.2 Å². The molecule has 11 nitrogen and oxygen atoms in total. The normalized spacial score (nSPS) is 16.3. The molecule has 1 aliphatic heterocycles. The predicted molar refractivity (Wildman–Crippen MR) is 109 cm³/mol. The van der Waals surface area contributed by atoms with Crippen LogP contribution in [-0.4, -0.2) is 54.3 Å². The highest BCUT2D eigenvalue weighted by Crippen LogP contribution is 2.39. The van der Waals surface area contributed by atoms with E-state index in [1.165, 1.54) is 25.2 Å². The minimum Gasteiger partial charge on any atom is -0.485 e. The lowest BCUT2D eigenvalue weighted by Gasteiger charge is -2.35. The number of halogens is 1. The van der Waals surface area contributed by atoms with Crippen molar-refractivity contribution in [2.45, 2.75) is 11.0 Å². The zero-order chi connectivity index (χ0) is 22.8. The van der Waals surface area contributed by atoms with Crippen LogP contribution in [0.3, 0.4) is 0 Å². The summed E-state index contributed by atoms with van der Waals surface area (Å²) in [6, 6.07) is 8.20. The molecule has 1 amide bonds. The van der Waals surface area contributed by atoms with E-state index in [1.54, 1.807) is 0 Å². The quantitative estimate of drug-likeness (QED) is 0.465. The Hall–Kier alpha value is -2.94. The standard InChI is InChI=1S/C17H19FN4O7S2/c1-19-31(27,28)20-9-13-10-22(30(25,26)14-5-2-11(18)3-6-14)15-8-12(21-17(23)24)4-7-16(15)29-13/h2-8,13,19-21H,9-10H2,1H3,(H,23,24). The zero-order valence-electron chi connectivity index (χ0n) is 16.1. The Bertz CT molecular complexity index is 1190. The topological polar surface area (TPSA) is 154 Å². The summed E-state index contributed by atoms with van der Waals surface area (Å²) < 4.78 is 74.1. The van der Waals surface area contributed by atoms with E-state index in [0.717, 1.165) is 28.6 Å². The first-order valence-electron chi connectivity index (χ1n) is 8.79. The van der Waals surface area contributed by atoms with Gasteiger partial charge in [-0.1, -0.05) is 0 Å². The summed E-state index contributed by atoms with van der Waals surface area (Å²) in [5.74, 6) is -0.518. The van der Waals surface area contributed by atoms with E-state index in [1.807, 2.05) is 0 Å². The number of amides is 1. The van der Waals surface area contributed by atoms with Crippen LogP contribution in [0.25, 0.3) is 0 Å². The number of hydrogen-bond donors (Lipinski definition) is 4. The van der Waals surface area contributed by atoms with Gasteiger partial charge in [0.2, 0.25) is 0 Å². The molecule has 168 valence electrons. The van der Waals surface area contributed by atoms with Gasteiger partial charge in [0.15, 0.2) is 0 Å². The number of ether oxygens (including phenoxy) is 1. The monoisotopic (exact) mass is 474 g/mol. The van der Waals surface area contributed by atoms with Crippen molar-refractivity contribution in [3.63, 3.8) is 0 Å². The van der Waals surface area contributed by atoms with Crippen LogP contribution in [0.2, 0.25) is 0 Å². The predicted octanol–water partition coefficient (Wildman–Crippen LogP) is 0.926. The third-order valence-electron chi connectivity index (χ3n) is 4.31. The molecule has 4 N–H and O–H groups in total. The molecule has 0 spiro atoms. The summed E-state index contributed by atoms with van der Waals surface area (Å²) in [6.07, 6.45) is -2.24. The molecule has 0 saturated carbocycles. The molecule has 3 rings (SSSR count). The van der Waals surface area contributed by atoms with Crippen LogP contribution in [0.4, 0.5) is 20.6 Å². The number of carbonyl (C=O) groups is 1. The van der Waals surface area contributed by atoms with E-state index < -0.39 is 38.2 Å². The average molecular weight is 474 g/mol. The first-order chi connectivity index (χ1) is 14.5. The molecule has 31 heavy (non-hydrogen) atoms. The van der Waals surface area contributed by atoms with Crippen LogP contribution in [0.5, 0.6) is 5.75 Å². The first-order valence-corrected chi connectivity index (χ1v) is 11.7. The van der Waals surface area contributed by atoms with E-state index in [2.05, 4.69) is 14.8 Å². The molecule has 0 saturated heterocycles. The number of nitrogens with zero attached hydrogens (tertiary/aromatic N) is 1. The van der Waals surface area contributed by atoms with Gasteiger partial charge < -0.3 is 9.84 Å². The average Bonchev–Trinajstić information content (AvgIpc) is 2.71. The zero-order valence-corrected chi connectivity index (χ0v) is 17.7. The molecule has 1 heterocycles. The van der Waals surface area contributed by atoms with Crippen molar-refractivity contribution < 1.29 is 35.9 Å². The van der Waals surface area contributed by atoms with Crippen LogP contribution in [0.15, 0.2) is 47.4 Å². The van der Waals surface area contributed by atoms with Crippen molar-refractivity contribution in [3.05, 3.63) is 48.3 Å². The van der Waals surface area contributed by atoms with Gasteiger partial charge in [0.1, 0.15) is 17.7 Å². The second-order valence-corrected chi connectivity index (χ2v) is 9.96. The maximum atomic E-state index is 13.3. The fraction of sp³-hybridized carbons (Fsp3) is 0.235. The Morgan fingerprint density at radius 1 is 1.19 bits per heavy atom. The van der Waals surface area contributed by atoms with Crippen molar-refractivity contribution in [1.29, 1.82) is 0 Å². The van der Waals surface area contributed by atoms with Gasteiger partial charge in [-0.05, 0) is 42.5 Å². The van der Waals surface area contributed by atoms with Crippen molar-refractivity contribution in [1.82, 2.24) is 9.44 Å². The van der Waals surface area contributed by atoms with Gasteiger partial charge in [-0.3, -0.25) is 9.62 Å². The second kappa shape index (κ2) is 8.66. The third kappa shape index (κ3) is 5.22. The molecular formula is C17H19FN4O7S2. The molecular weight excluding hydrogens is 455 g/mol. The summed E-state index contributed by atoms with van der Waals surface area (Å²) in [6.45, 7) is -0.525. The van der Waals surface area contributed by atoms with Gasteiger partial charge in [-0.25, -0.2) is 22.3 Å². The fourth-order valence-corrected chi connectivity index (χ4v) is 4.90. The first kappa shape index (κ1) is 22.7. The highest BCUT2D eigenvalue weighted by Gasteiger charge is 2.35. The molecule has 1 atom stereocenters. The van der Waals surface area contributed by atoms with E-state index >= 15 is 0 Å². The Morgan fingerprint density at radius 2 is 1.87 bits per heavy atom. The SMILES string of the molecule is CNS(=O)(=O)NCC1CN(S(=O)(=O)c2ccc(F)cc2)c2cc(NC(=O)O)ccc2O1. The molecule has 2 aromatic rings. The molecule has 14 heteroatoms. The molecule has 2 aromatic carbocycles. The Kier molecular flexibility index (Phi) is 6.35. The third-order valence-corrected chi connectivity index (χ3v) is 7.19. The van der Waals surface area contributed by atoms with Gasteiger partial charge in [0.05, 0.1) is 23.7 Å². The van der Waals surface area contributed by atoms with Gasteiger partial charge >= 0.3 is 6.09 Å². The number of nitrogens with one attached hydrogen (secondary N) is 3. The maximum absolute atomic E-state index is 13.3. The van der Waals surface area contributed by atoms with Crippen LogP contribution >= 0.6 is 0 Å². The smallest absolute Gasteiger partial charge is 0.409 e. The number of carboxylic acid groups (broad SMARTS) is 1.